The third-order valence-electron chi connectivity index (χ3n) is 9.12. The Bertz CT molecular complexity index is 1020. The van der Waals surface area contributed by atoms with Gasteiger partial charge in [0.2, 0.25) is 11.7 Å². The monoisotopic (exact) mass is 480 g/mol. The van der Waals surface area contributed by atoms with Crippen molar-refractivity contribution in [2.24, 2.45) is 28.6 Å². The van der Waals surface area contributed by atoms with Gasteiger partial charge in [0.25, 0.3) is 0 Å². The smallest absolute Gasteiger partial charge is 0.348 e. The second-order valence-corrected chi connectivity index (χ2v) is 10.4. The minimum Gasteiger partial charge on any atom is -0.467 e. The Kier molecular flexibility index (Phi) is 4.88. The Morgan fingerprint density at radius 2 is 1.85 bits per heavy atom. The average molecular weight is 480 g/mol. The Hall–Kier alpha value is -2.34. The number of methoxy groups -OCH3 is 1. The summed E-state index contributed by atoms with van der Waals surface area (Å²) in [6.45, 7) is 4.21. The highest BCUT2D eigenvalue weighted by Crippen LogP contribution is 2.72. The van der Waals surface area contributed by atoms with Crippen molar-refractivity contribution in [3.63, 3.8) is 0 Å². The van der Waals surface area contributed by atoms with Gasteiger partial charge in [-0.05, 0) is 25.3 Å². The quantitative estimate of drug-likeness (QED) is 0.316. The van der Waals surface area contributed by atoms with Gasteiger partial charge in [-0.15, -0.1) is 0 Å². The second kappa shape index (κ2) is 7.09. The van der Waals surface area contributed by atoms with E-state index in [9.17, 15) is 34.5 Å². The normalized spacial score (nSPS) is 51.0. The van der Waals surface area contributed by atoms with E-state index in [0.29, 0.717) is 5.57 Å². The number of rotatable bonds is 2. The minimum atomic E-state index is -2.22. The lowest BCUT2D eigenvalue weighted by Gasteiger charge is -2.67. The molecule has 11 heteroatoms. The Labute approximate surface area is 195 Å². The summed E-state index contributed by atoms with van der Waals surface area (Å²) >= 11 is 0. The van der Waals surface area contributed by atoms with E-state index in [1.54, 1.807) is 13.8 Å². The van der Waals surface area contributed by atoms with E-state index in [4.69, 9.17) is 18.9 Å². The number of carbonyl (C=O) groups is 4. The summed E-state index contributed by atoms with van der Waals surface area (Å²) in [6, 6.07) is 0. The number of fused-ring (bicyclic) bond motifs is 2. The molecule has 2 saturated heterocycles. The lowest BCUT2D eigenvalue weighted by molar-refractivity contribution is -0.298. The van der Waals surface area contributed by atoms with Gasteiger partial charge in [0.1, 0.15) is 18.3 Å². The van der Waals surface area contributed by atoms with Crippen LogP contribution in [-0.4, -0.2) is 88.8 Å². The average Bonchev–Trinajstić information content (AvgIpc) is 3.08. The summed E-state index contributed by atoms with van der Waals surface area (Å²) < 4.78 is 22.0. The fourth-order valence-corrected chi connectivity index (χ4v) is 7.99. The first kappa shape index (κ1) is 23.4. The molecule has 2 aliphatic heterocycles. The first-order chi connectivity index (χ1) is 15.9. The van der Waals surface area contributed by atoms with Crippen LogP contribution in [0.5, 0.6) is 0 Å². The molecule has 186 valence electrons. The van der Waals surface area contributed by atoms with Crippen LogP contribution in [-0.2, 0) is 38.1 Å². The van der Waals surface area contributed by atoms with E-state index >= 15 is 0 Å². The Balaban J connectivity index is 1.80. The molecule has 2 heterocycles. The highest BCUT2D eigenvalue weighted by molar-refractivity contribution is 5.96. The number of aliphatic hydroxyl groups is 3. The molecule has 11 nitrogen and oxygen atoms in total. The summed E-state index contributed by atoms with van der Waals surface area (Å²) in [5.74, 6) is -6.12. The molecule has 11 atom stereocenters. The topological polar surface area (TPSA) is 166 Å². The van der Waals surface area contributed by atoms with Gasteiger partial charge in [-0.25, -0.2) is 9.59 Å². The van der Waals surface area contributed by atoms with Gasteiger partial charge in [0, 0.05) is 23.7 Å². The van der Waals surface area contributed by atoms with E-state index in [1.807, 2.05) is 0 Å². The van der Waals surface area contributed by atoms with E-state index in [0.717, 1.165) is 14.0 Å². The molecule has 34 heavy (non-hydrogen) atoms. The number of hydrogen-bond donors (Lipinski definition) is 3. The largest absolute Gasteiger partial charge is 0.467 e. The minimum absolute atomic E-state index is 0.179. The summed E-state index contributed by atoms with van der Waals surface area (Å²) in [5, 5.41) is 34.0. The number of aliphatic hydroxyl groups excluding tert-OH is 3. The van der Waals surface area contributed by atoms with Gasteiger partial charge < -0.3 is 34.3 Å². The van der Waals surface area contributed by atoms with Gasteiger partial charge >= 0.3 is 17.9 Å². The van der Waals surface area contributed by atoms with E-state index in [-0.39, 0.29) is 13.0 Å². The summed E-state index contributed by atoms with van der Waals surface area (Å²) in [4.78, 5) is 50.9. The zero-order chi connectivity index (χ0) is 25.0. The van der Waals surface area contributed by atoms with Gasteiger partial charge in [-0.2, -0.15) is 0 Å². The maximum atomic E-state index is 13.1. The summed E-state index contributed by atoms with van der Waals surface area (Å²) in [5.41, 5.74) is -4.23. The Morgan fingerprint density at radius 3 is 2.47 bits per heavy atom. The van der Waals surface area contributed by atoms with Crippen molar-refractivity contribution >= 4 is 23.7 Å². The predicted molar refractivity (Wildman–Crippen MR) is 109 cm³/mol. The molecule has 2 saturated carbocycles. The molecule has 5 rings (SSSR count). The highest BCUT2D eigenvalue weighted by Gasteiger charge is 2.85. The lowest BCUT2D eigenvalue weighted by atomic mass is 9.38. The van der Waals surface area contributed by atoms with Crippen LogP contribution in [0.2, 0.25) is 0 Å². The van der Waals surface area contributed by atoms with Gasteiger partial charge in [0.05, 0.1) is 25.7 Å². The van der Waals surface area contributed by atoms with Crippen LogP contribution in [0.4, 0.5) is 0 Å². The van der Waals surface area contributed by atoms with Crippen LogP contribution in [0.15, 0.2) is 11.6 Å². The molecule has 5 aliphatic rings. The van der Waals surface area contributed by atoms with Gasteiger partial charge in [0.15, 0.2) is 5.78 Å². The van der Waals surface area contributed by atoms with Crippen molar-refractivity contribution < 1.29 is 53.4 Å². The fourth-order valence-electron chi connectivity index (χ4n) is 7.99. The molecular weight excluding hydrogens is 452 g/mol. The highest BCUT2D eigenvalue weighted by atomic mass is 16.6. The Morgan fingerprint density at radius 1 is 1.18 bits per heavy atom. The number of allylic oxidation sites excluding steroid dienone is 1. The zero-order valence-corrected chi connectivity index (χ0v) is 19.2. The first-order valence-electron chi connectivity index (χ1n) is 11.2. The SMILES string of the molecule is COC(=O)C12OCC34C(CC5C(C)=CC(=O)C(O)C5(C)C3C(O)C1O)OC(=O)C(OC(C)=O)C24. The van der Waals surface area contributed by atoms with Crippen molar-refractivity contribution in [2.45, 2.75) is 63.3 Å². The number of ketones is 1. The predicted octanol–water partition coefficient (Wildman–Crippen LogP) is -1.34. The fraction of sp³-hybridized carbons (Fsp3) is 0.739. The molecule has 1 spiro atoms. The van der Waals surface area contributed by atoms with E-state index in [2.05, 4.69) is 0 Å². The van der Waals surface area contributed by atoms with Gasteiger partial charge in [-0.1, -0.05) is 12.5 Å². The molecule has 11 unspecified atom stereocenters. The molecule has 0 aromatic heterocycles. The number of carbonyl (C=O) groups excluding carboxylic acids is 4. The molecule has 4 fully saturated rings. The molecule has 0 aromatic rings. The van der Waals surface area contributed by atoms with E-state index < -0.39 is 88.4 Å². The summed E-state index contributed by atoms with van der Waals surface area (Å²) in [7, 11) is 1.08. The van der Waals surface area contributed by atoms with Crippen LogP contribution in [0.3, 0.4) is 0 Å². The van der Waals surface area contributed by atoms with E-state index in [1.165, 1.54) is 6.08 Å². The second-order valence-electron chi connectivity index (χ2n) is 10.4. The number of hydrogen-bond acceptors (Lipinski definition) is 11. The lowest BCUT2D eigenvalue weighted by Crippen LogP contribution is -2.80. The molecule has 2 bridgehead atoms. The molecule has 3 N–H and O–H groups in total. The van der Waals surface area contributed by atoms with Crippen LogP contribution in [0, 0.1) is 28.6 Å². The molecule has 3 aliphatic carbocycles. The van der Waals surface area contributed by atoms with Crippen molar-refractivity contribution in [3.05, 3.63) is 11.6 Å². The van der Waals surface area contributed by atoms with Crippen molar-refractivity contribution in [3.8, 4) is 0 Å². The third kappa shape index (κ3) is 2.40. The summed E-state index contributed by atoms with van der Waals surface area (Å²) in [6.07, 6.45) is -6.10. The first-order valence-corrected chi connectivity index (χ1v) is 11.2. The zero-order valence-electron chi connectivity index (χ0n) is 19.2. The molecule has 0 aromatic carbocycles. The molecular formula is C23H28O11. The van der Waals surface area contributed by atoms with Crippen molar-refractivity contribution in [1.29, 1.82) is 0 Å². The standard InChI is InChI=1S/C23H28O11/c1-8-5-11(25)17(27)21(3)10(8)6-12-22-7-32-23(20(30)31-4,18(28)13(26)15(21)22)16(22)14(19(29)34-12)33-9(2)24/h5,10,12-18,26-28H,6-7H2,1-4H3. The van der Waals surface area contributed by atoms with Crippen LogP contribution >= 0.6 is 0 Å². The maximum absolute atomic E-state index is 13.1. The van der Waals surface area contributed by atoms with Crippen molar-refractivity contribution in [2.75, 3.05) is 13.7 Å². The molecule has 0 amide bonds. The third-order valence-corrected chi connectivity index (χ3v) is 9.12. The maximum Gasteiger partial charge on any atom is 0.348 e. The van der Waals surface area contributed by atoms with Crippen molar-refractivity contribution in [1.82, 2.24) is 0 Å². The number of esters is 3. The number of ether oxygens (including phenoxy) is 4. The van der Waals surface area contributed by atoms with Gasteiger partial charge in [-0.3, -0.25) is 9.59 Å². The van der Waals surface area contributed by atoms with Crippen LogP contribution < -0.4 is 0 Å². The van der Waals surface area contributed by atoms with Crippen LogP contribution in [0.1, 0.15) is 27.2 Å². The molecule has 0 radical (unpaired) electrons. The van der Waals surface area contributed by atoms with Crippen LogP contribution in [0.25, 0.3) is 0 Å².